The van der Waals surface area contributed by atoms with Gasteiger partial charge in [-0.25, -0.2) is 0 Å². The number of aldehydes is 1. The average molecular weight is 274 g/mol. The Morgan fingerprint density at radius 3 is 1.74 bits per heavy atom. The molecule has 100 valence electrons. The monoisotopic (exact) mass is 274 g/mol. The zero-order valence-electron chi connectivity index (χ0n) is 10.9. The van der Waals surface area contributed by atoms with Gasteiger partial charge in [-0.05, 0) is 11.1 Å². The molecule has 0 amide bonds. The van der Waals surface area contributed by atoms with E-state index in [1.807, 2.05) is 36.4 Å². The summed E-state index contributed by atoms with van der Waals surface area (Å²) in [6.45, 7) is 0. The van der Waals surface area contributed by atoms with Gasteiger partial charge in [0.15, 0.2) is 0 Å². The number of carbonyl (C=O) groups is 1. The molecule has 0 heterocycles. The molecule has 0 saturated heterocycles. The van der Waals surface area contributed by atoms with Gasteiger partial charge in [0.25, 0.3) is 0 Å². The zero-order chi connectivity index (χ0) is 13.9. The molecule has 1 N–H and O–H groups in total. The molecule has 0 bridgehead atoms. The minimum Gasteiger partial charge on any atom is -0.400 e. The van der Waals surface area contributed by atoms with E-state index in [2.05, 4.69) is 24.3 Å². The van der Waals surface area contributed by atoms with Crippen molar-refractivity contribution in [3.05, 3.63) is 71.8 Å². The second-order valence-electron chi connectivity index (χ2n) is 3.70. The van der Waals surface area contributed by atoms with E-state index in [9.17, 15) is 4.79 Å². The van der Waals surface area contributed by atoms with Gasteiger partial charge >= 0.3 is 0 Å². The first-order valence-electron chi connectivity index (χ1n) is 6.01. The number of carbonyl (C=O) groups excluding carboxylic acids is 1. The van der Waals surface area contributed by atoms with Gasteiger partial charge in [-0.2, -0.15) is 0 Å². The van der Waals surface area contributed by atoms with Crippen LogP contribution in [-0.4, -0.2) is 24.3 Å². The van der Waals surface area contributed by atoms with Gasteiger partial charge in [0.05, 0.1) is 11.0 Å². The fourth-order valence-corrected chi connectivity index (χ4v) is 2.75. The van der Waals surface area contributed by atoms with E-state index >= 15 is 0 Å². The summed E-state index contributed by atoms with van der Waals surface area (Å²) in [6.07, 6.45) is 0.962. The highest BCUT2D eigenvalue weighted by atomic mass is 32.2. The van der Waals surface area contributed by atoms with Crippen LogP contribution >= 0.6 is 11.8 Å². The van der Waals surface area contributed by atoms with E-state index in [0.29, 0.717) is 5.75 Å². The van der Waals surface area contributed by atoms with Crippen LogP contribution in [0.15, 0.2) is 60.7 Å². The smallest absolute Gasteiger partial charge is 0.129 e. The largest absolute Gasteiger partial charge is 0.400 e. The Hall–Kier alpha value is -1.58. The van der Waals surface area contributed by atoms with Crippen LogP contribution in [0.2, 0.25) is 0 Å². The molecule has 2 nitrogen and oxygen atoms in total. The quantitative estimate of drug-likeness (QED) is 0.850. The molecule has 0 aliphatic rings. The molecule has 2 rings (SSSR count). The van der Waals surface area contributed by atoms with Crippen LogP contribution in [0.5, 0.6) is 0 Å². The number of aliphatic hydroxyl groups excluding tert-OH is 1. The van der Waals surface area contributed by atoms with Crippen molar-refractivity contribution in [3.8, 4) is 0 Å². The molecule has 0 atom stereocenters. The molecular formula is C16H18O2S. The van der Waals surface area contributed by atoms with Crippen molar-refractivity contribution in [2.24, 2.45) is 0 Å². The SMILES string of the molecule is CO.O=CCSC(c1ccccc1)c1ccccc1. The number of aliphatic hydroxyl groups is 1. The molecule has 0 spiro atoms. The Labute approximate surface area is 118 Å². The molecule has 0 aliphatic carbocycles. The van der Waals surface area contributed by atoms with Crippen LogP contribution in [0.1, 0.15) is 16.4 Å². The summed E-state index contributed by atoms with van der Waals surface area (Å²) in [5.74, 6) is 0.522. The van der Waals surface area contributed by atoms with Crippen LogP contribution < -0.4 is 0 Å². The highest BCUT2D eigenvalue weighted by molar-refractivity contribution is 8.00. The molecule has 2 aromatic carbocycles. The number of thioether (sulfide) groups is 1. The first-order valence-corrected chi connectivity index (χ1v) is 7.06. The Morgan fingerprint density at radius 1 is 0.947 bits per heavy atom. The van der Waals surface area contributed by atoms with E-state index in [1.54, 1.807) is 11.8 Å². The maximum Gasteiger partial charge on any atom is 0.129 e. The summed E-state index contributed by atoms with van der Waals surface area (Å²) >= 11 is 1.66. The molecule has 0 saturated carbocycles. The first-order chi connectivity index (χ1) is 9.42. The van der Waals surface area contributed by atoms with Crippen molar-refractivity contribution in [1.82, 2.24) is 0 Å². The van der Waals surface area contributed by atoms with Crippen molar-refractivity contribution < 1.29 is 9.90 Å². The second kappa shape index (κ2) is 9.36. The summed E-state index contributed by atoms with van der Waals surface area (Å²) in [6, 6.07) is 20.6. The number of benzene rings is 2. The van der Waals surface area contributed by atoms with Crippen LogP contribution in [0, 0.1) is 0 Å². The van der Waals surface area contributed by atoms with Crippen LogP contribution in [-0.2, 0) is 4.79 Å². The van der Waals surface area contributed by atoms with Gasteiger partial charge < -0.3 is 9.90 Å². The molecule has 0 fully saturated rings. The fraction of sp³-hybridized carbons (Fsp3) is 0.188. The predicted octanol–water partition coefficient (Wildman–Crippen LogP) is 3.32. The molecule has 2 aromatic rings. The third-order valence-corrected chi connectivity index (χ3v) is 3.74. The normalized spacial score (nSPS) is 9.63. The molecule has 0 radical (unpaired) electrons. The van der Waals surface area contributed by atoms with Crippen molar-refractivity contribution in [1.29, 1.82) is 0 Å². The van der Waals surface area contributed by atoms with Gasteiger partial charge in [-0.3, -0.25) is 0 Å². The summed E-state index contributed by atoms with van der Waals surface area (Å²) in [7, 11) is 1.00. The lowest BCUT2D eigenvalue weighted by molar-refractivity contribution is -0.105. The third kappa shape index (κ3) is 4.89. The van der Waals surface area contributed by atoms with Gasteiger partial charge in [0, 0.05) is 7.11 Å². The van der Waals surface area contributed by atoms with Gasteiger partial charge in [0.2, 0.25) is 0 Å². The fourth-order valence-electron chi connectivity index (χ4n) is 1.78. The third-order valence-electron chi connectivity index (χ3n) is 2.54. The maximum absolute atomic E-state index is 10.6. The highest BCUT2D eigenvalue weighted by Crippen LogP contribution is 2.34. The summed E-state index contributed by atoms with van der Waals surface area (Å²) < 4.78 is 0. The van der Waals surface area contributed by atoms with E-state index in [-0.39, 0.29) is 5.25 Å². The Bertz CT molecular complexity index is 417. The Balaban J connectivity index is 0.000000861. The molecule has 0 unspecified atom stereocenters. The molecular weight excluding hydrogens is 256 g/mol. The van der Waals surface area contributed by atoms with Gasteiger partial charge in [-0.15, -0.1) is 11.8 Å². The van der Waals surface area contributed by atoms with Crippen LogP contribution in [0.25, 0.3) is 0 Å². The molecule has 3 heteroatoms. The van der Waals surface area contributed by atoms with Crippen molar-refractivity contribution in [2.45, 2.75) is 5.25 Å². The van der Waals surface area contributed by atoms with Crippen LogP contribution in [0.3, 0.4) is 0 Å². The lowest BCUT2D eigenvalue weighted by Gasteiger charge is -2.16. The second-order valence-corrected chi connectivity index (χ2v) is 4.84. The average Bonchev–Trinajstić information content (AvgIpc) is 2.52. The number of hydrogen-bond acceptors (Lipinski definition) is 3. The lowest BCUT2D eigenvalue weighted by atomic mass is 10.0. The van der Waals surface area contributed by atoms with Crippen molar-refractivity contribution in [2.75, 3.05) is 12.9 Å². The summed E-state index contributed by atoms with van der Waals surface area (Å²) in [5.41, 5.74) is 2.48. The van der Waals surface area contributed by atoms with Crippen molar-refractivity contribution in [3.63, 3.8) is 0 Å². The van der Waals surface area contributed by atoms with E-state index in [0.717, 1.165) is 13.4 Å². The Morgan fingerprint density at radius 2 is 1.37 bits per heavy atom. The minimum atomic E-state index is 0.239. The van der Waals surface area contributed by atoms with Gasteiger partial charge in [-0.1, -0.05) is 60.7 Å². The van der Waals surface area contributed by atoms with Gasteiger partial charge in [0.1, 0.15) is 6.29 Å². The topological polar surface area (TPSA) is 37.3 Å². The van der Waals surface area contributed by atoms with E-state index in [1.165, 1.54) is 11.1 Å². The van der Waals surface area contributed by atoms with Crippen LogP contribution in [0.4, 0.5) is 0 Å². The molecule has 19 heavy (non-hydrogen) atoms. The summed E-state index contributed by atoms with van der Waals surface area (Å²) in [5, 5.41) is 7.24. The highest BCUT2D eigenvalue weighted by Gasteiger charge is 2.13. The lowest BCUT2D eigenvalue weighted by Crippen LogP contribution is -1.98. The van der Waals surface area contributed by atoms with Crippen molar-refractivity contribution >= 4 is 18.0 Å². The van der Waals surface area contributed by atoms with E-state index in [4.69, 9.17) is 5.11 Å². The molecule has 0 aliphatic heterocycles. The maximum atomic E-state index is 10.6. The summed E-state index contributed by atoms with van der Waals surface area (Å²) in [4.78, 5) is 10.6. The zero-order valence-corrected chi connectivity index (χ0v) is 11.7. The van der Waals surface area contributed by atoms with E-state index < -0.39 is 0 Å². The number of rotatable bonds is 5. The first kappa shape index (κ1) is 15.5. The Kier molecular flexibility index (Phi) is 7.63. The number of hydrogen-bond donors (Lipinski definition) is 1. The predicted molar refractivity (Wildman–Crippen MR) is 81.4 cm³/mol. The minimum absolute atomic E-state index is 0.239. The molecule has 0 aromatic heterocycles. The standard InChI is InChI=1S/C15H14OS.CH4O/c16-11-12-17-15(13-7-3-1-4-8-13)14-9-5-2-6-10-14;1-2/h1-11,15H,12H2;2H,1H3.